The van der Waals surface area contributed by atoms with Gasteiger partial charge in [-0.2, -0.15) is 20.3 Å². The number of piperazine rings is 1. The maximum absolute atomic E-state index is 9.38. The van der Waals surface area contributed by atoms with Gasteiger partial charge in [-0.15, -0.1) is 0 Å². The van der Waals surface area contributed by atoms with Gasteiger partial charge in [0, 0.05) is 61.9 Å². The summed E-state index contributed by atoms with van der Waals surface area (Å²) in [6.07, 6.45) is 11.7. The van der Waals surface area contributed by atoms with E-state index in [-0.39, 0.29) is 12.3 Å². The summed E-state index contributed by atoms with van der Waals surface area (Å²) in [6, 6.07) is 8.57. The summed E-state index contributed by atoms with van der Waals surface area (Å²) >= 11 is 0. The summed E-state index contributed by atoms with van der Waals surface area (Å²) in [5.74, 6) is 0.988. The molecule has 0 amide bonds. The number of nitrogens with zero attached hydrogens (tertiary/aromatic N) is 8. The number of nitrogens with one attached hydrogen (secondary N) is 1. The van der Waals surface area contributed by atoms with E-state index in [4.69, 9.17) is 24.5 Å². The van der Waals surface area contributed by atoms with Crippen LogP contribution in [0.25, 0.3) is 10.9 Å². The molecule has 0 radical (unpaired) electrons. The number of ether oxygens (including phenoxy) is 2. The van der Waals surface area contributed by atoms with Crippen LogP contribution in [0.5, 0.6) is 6.01 Å². The van der Waals surface area contributed by atoms with E-state index in [0.717, 1.165) is 75.1 Å². The molecule has 1 N–H and O–H groups in total. The Bertz CT molecular complexity index is 1570. The molecule has 11 heteroatoms. The van der Waals surface area contributed by atoms with Crippen LogP contribution in [0.3, 0.4) is 0 Å². The van der Waals surface area contributed by atoms with Crippen molar-refractivity contribution in [2.75, 3.05) is 55.7 Å². The number of anilines is 2. The summed E-state index contributed by atoms with van der Waals surface area (Å²) in [5, 5.41) is 18.9. The Morgan fingerprint density at radius 2 is 2.00 bits per heavy atom. The Kier molecular flexibility index (Phi) is 7.97. The minimum absolute atomic E-state index is 0.00323. The van der Waals surface area contributed by atoms with Gasteiger partial charge in [-0.1, -0.05) is 6.07 Å². The highest BCUT2D eigenvalue weighted by Gasteiger charge is 2.37. The molecule has 4 aliphatic heterocycles. The second-order valence-corrected chi connectivity index (χ2v) is 13.5. The van der Waals surface area contributed by atoms with E-state index in [0.29, 0.717) is 31.6 Å². The van der Waals surface area contributed by atoms with E-state index in [2.05, 4.69) is 49.8 Å². The van der Waals surface area contributed by atoms with Gasteiger partial charge in [0.1, 0.15) is 12.4 Å². The number of rotatable bonds is 8. The summed E-state index contributed by atoms with van der Waals surface area (Å²) in [6.45, 7) is 8.83. The first kappa shape index (κ1) is 29.0. The number of likely N-dealkylation sites (tertiary alicyclic amines) is 1. The molecule has 238 valence electrons. The molecule has 6 heterocycles. The Balaban J connectivity index is 1.10. The molecule has 2 unspecified atom stereocenters. The van der Waals surface area contributed by atoms with Gasteiger partial charge in [0.2, 0.25) is 0 Å². The molecule has 1 aromatic carbocycles. The van der Waals surface area contributed by atoms with Crippen molar-refractivity contribution in [2.45, 2.75) is 95.6 Å². The standard InChI is InChI=1S/C34H45N9O2/c1-23-7-10-30-28(19-37-43(30)31-6-2-3-18-44-31)32(23)40-16-12-27-29(21-40)38-34(45-22-26-5-4-15-42(26)25-8-9-25)39-33(27)41-17-14-36-24(20-41)11-13-35/h7,10,19,24-26,31,36H,2-6,8-9,11-12,14-18,20-22H2,1H3/t24-,26?,31?/m0/s1. The smallest absolute Gasteiger partial charge is 0.318 e. The van der Waals surface area contributed by atoms with Crippen LogP contribution in [0.15, 0.2) is 18.3 Å². The van der Waals surface area contributed by atoms with E-state index in [1.54, 1.807) is 0 Å². The number of aromatic nitrogens is 4. The first-order valence-electron chi connectivity index (χ1n) is 17.1. The predicted molar refractivity (Wildman–Crippen MR) is 173 cm³/mol. The van der Waals surface area contributed by atoms with E-state index in [9.17, 15) is 5.26 Å². The topological polar surface area (TPSA) is 108 Å². The summed E-state index contributed by atoms with van der Waals surface area (Å²) < 4.78 is 14.7. The molecule has 8 rings (SSSR count). The molecule has 3 atom stereocenters. The van der Waals surface area contributed by atoms with Crippen molar-refractivity contribution in [2.24, 2.45) is 0 Å². The van der Waals surface area contributed by atoms with E-state index in [1.807, 2.05) is 6.20 Å². The highest BCUT2D eigenvalue weighted by atomic mass is 16.5. The largest absolute Gasteiger partial charge is 0.462 e. The van der Waals surface area contributed by atoms with Crippen LogP contribution in [0.4, 0.5) is 11.5 Å². The Labute approximate surface area is 265 Å². The van der Waals surface area contributed by atoms with Crippen molar-refractivity contribution in [3.05, 3.63) is 35.2 Å². The van der Waals surface area contributed by atoms with Gasteiger partial charge in [-0.3, -0.25) is 4.90 Å². The van der Waals surface area contributed by atoms with E-state index >= 15 is 0 Å². The second-order valence-electron chi connectivity index (χ2n) is 13.5. The Morgan fingerprint density at radius 1 is 1.07 bits per heavy atom. The van der Waals surface area contributed by atoms with Crippen LogP contribution in [0, 0.1) is 18.3 Å². The fourth-order valence-electron chi connectivity index (χ4n) is 8.05. The van der Waals surface area contributed by atoms with Crippen molar-refractivity contribution in [1.82, 2.24) is 30.0 Å². The lowest BCUT2D eigenvalue weighted by atomic mass is 10.0. The van der Waals surface area contributed by atoms with Crippen LogP contribution in [0.1, 0.15) is 74.4 Å². The molecule has 0 spiro atoms. The van der Waals surface area contributed by atoms with Gasteiger partial charge in [0.25, 0.3) is 0 Å². The predicted octanol–water partition coefficient (Wildman–Crippen LogP) is 4.09. The molecular formula is C34H45N9O2. The molecule has 45 heavy (non-hydrogen) atoms. The van der Waals surface area contributed by atoms with Gasteiger partial charge >= 0.3 is 6.01 Å². The summed E-state index contributed by atoms with van der Waals surface area (Å²) in [4.78, 5) is 17.7. The molecular weight excluding hydrogens is 566 g/mol. The van der Waals surface area contributed by atoms with Gasteiger partial charge in [0.15, 0.2) is 6.23 Å². The molecule has 11 nitrogen and oxygen atoms in total. The van der Waals surface area contributed by atoms with E-state index in [1.165, 1.54) is 60.8 Å². The number of nitriles is 1. The van der Waals surface area contributed by atoms with Crippen LogP contribution >= 0.6 is 0 Å². The average Bonchev–Trinajstić information content (AvgIpc) is 3.65. The zero-order valence-corrected chi connectivity index (χ0v) is 26.5. The molecule has 3 saturated heterocycles. The molecule has 1 saturated carbocycles. The number of hydrogen-bond acceptors (Lipinski definition) is 10. The SMILES string of the molecule is Cc1ccc2c(cnn2C2CCCCO2)c1N1CCc2c(nc(OCC3CCCN3C3CC3)nc2N2CCN[C@@H](CC#N)C2)C1. The third-order valence-corrected chi connectivity index (χ3v) is 10.5. The lowest BCUT2D eigenvalue weighted by molar-refractivity contribution is -0.0366. The van der Waals surface area contributed by atoms with E-state index < -0.39 is 0 Å². The number of benzene rings is 1. The van der Waals surface area contributed by atoms with Crippen molar-refractivity contribution in [1.29, 1.82) is 5.26 Å². The van der Waals surface area contributed by atoms with Gasteiger partial charge < -0.3 is 24.6 Å². The van der Waals surface area contributed by atoms with Crippen molar-refractivity contribution in [3.8, 4) is 12.1 Å². The minimum Gasteiger partial charge on any atom is -0.462 e. The maximum atomic E-state index is 9.38. The monoisotopic (exact) mass is 611 g/mol. The van der Waals surface area contributed by atoms with Crippen molar-refractivity contribution in [3.63, 3.8) is 0 Å². The Morgan fingerprint density at radius 3 is 2.84 bits per heavy atom. The lowest BCUT2D eigenvalue weighted by Gasteiger charge is -2.37. The van der Waals surface area contributed by atoms with Gasteiger partial charge in [-0.05, 0) is 76.5 Å². The van der Waals surface area contributed by atoms with Gasteiger partial charge in [-0.25, -0.2) is 4.68 Å². The maximum Gasteiger partial charge on any atom is 0.318 e. The summed E-state index contributed by atoms with van der Waals surface area (Å²) in [5.41, 5.74) is 5.85. The summed E-state index contributed by atoms with van der Waals surface area (Å²) in [7, 11) is 0. The van der Waals surface area contributed by atoms with Crippen molar-refractivity contribution >= 4 is 22.4 Å². The first-order chi connectivity index (χ1) is 22.2. The minimum atomic E-state index is 0.00323. The van der Waals surface area contributed by atoms with Crippen LogP contribution < -0.4 is 19.9 Å². The fourth-order valence-corrected chi connectivity index (χ4v) is 8.05. The third kappa shape index (κ3) is 5.73. The molecule has 4 fully saturated rings. The second kappa shape index (κ2) is 12.4. The van der Waals surface area contributed by atoms with Gasteiger partial charge in [0.05, 0.1) is 42.1 Å². The number of hydrogen-bond donors (Lipinski definition) is 1. The Hall–Kier alpha value is -3.46. The fraction of sp³-hybridized carbons (Fsp3) is 0.647. The number of fused-ring (bicyclic) bond motifs is 2. The van der Waals surface area contributed by atoms with Crippen molar-refractivity contribution < 1.29 is 9.47 Å². The molecule has 5 aliphatic rings. The lowest BCUT2D eigenvalue weighted by Crippen LogP contribution is -2.51. The number of aryl methyl sites for hydroxylation is 1. The van der Waals surface area contributed by atoms with Crippen LogP contribution in [-0.2, 0) is 17.7 Å². The van der Waals surface area contributed by atoms with Crippen LogP contribution in [0.2, 0.25) is 0 Å². The highest BCUT2D eigenvalue weighted by Crippen LogP contribution is 2.38. The molecule has 1 aliphatic carbocycles. The molecule has 0 bridgehead atoms. The van der Waals surface area contributed by atoms with Crippen LogP contribution in [-0.4, -0.2) is 88.7 Å². The normalized spacial score (nSPS) is 25.8. The quantitative estimate of drug-likeness (QED) is 0.400. The molecule has 3 aromatic rings. The zero-order chi connectivity index (χ0) is 30.3. The zero-order valence-electron chi connectivity index (χ0n) is 26.5. The first-order valence-corrected chi connectivity index (χ1v) is 17.1. The third-order valence-electron chi connectivity index (χ3n) is 10.5. The average molecular weight is 612 g/mol. The molecule has 2 aromatic heterocycles. The highest BCUT2D eigenvalue weighted by molar-refractivity contribution is 5.94.